The van der Waals surface area contributed by atoms with Crippen molar-refractivity contribution in [2.24, 2.45) is 0 Å². The minimum absolute atomic E-state index is 0.100. The lowest BCUT2D eigenvalue weighted by Crippen LogP contribution is -2.17. The normalized spacial score (nSPS) is 8.68. The Morgan fingerprint density at radius 3 is 2.44 bits per heavy atom. The third kappa shape index (κ3) is 9.08. The number of nitro groups is 1. The molecule has 0 unspecified atom stereocenters. The molecular weight excluding hydrogens is 330 g/mol. The molecule has 0 aromatic carbocycles. The van der Waals surface area contributed by atoms with E-state index in [1.807, 2.05) is 27.7 Å². The molecule has 142 valence electrons. The summed E-state index contributed by atoms with van der Waals surface area (Å²) >= 11 is 0. The standard InChI is InChI=1S/C11H15N5O5.2C2H6/c1-3-5-6-21-10-13-8(12)7(16(18)19)9(14-10)15-11(17)20-4-2;2*1-2/h3H,1,4-6H2,2H3,(H3,12,13,14,15,17);2*1-2H3. The number of hydrogen-bond acceptors (Lipinski definition) is 8. The predicted molar refractivity (Wildman–Crippen MR) is 96.7 cm³/mol. The fraction of sp³-hybridized carbons (Fsp3) is 0.533. The molecule has 1 aromatic rings. The quantitative estimate of drug-likeness (QED) is 0.326. The number of nitrogens with two attached hydrogens (primary N) is 1. The molecule has 1 amide bonds. The van der Waals surface area contributed by atoms with Crippen LogP contribution in [0.25, 0.3) is 0 Å². The third-order valence-corrected chi connectivity index (χ3v) is 2.12. The molecule has 10 heteroatoms. The molecule has 0 bridgehead atoms. The second-order valence-electron chi connectivity index (χ2n) is 3.62. The molecule has 0 saturated carbocycles. The van der Waals surface area contributed by atoms with Gasteiger partial charge in [0.05, 0.1) is 18.1 Å². The van der Waals surface area contributed by atoms with Crippen molar-refractivity contribution in [3.63, 3.8) is 0 Å². The molecule has 1 heterocycles. The van der Waals surface area contributed by atoms with Crippen LogP contribution < -0.4 is 15.8 Å². The van der Waals surface area contributed by atoms with Gasteiger partial charge in [-0.05, 0) is 13.3 Å². The maximum Gasteiger partial charge on any atom is 0.412 e. The second-order valence-corrected chi connectivity index (χ2v) is 3.62. The van der Waals surface area contributed by atoms with E-state index < -0.39 is 22.5 Å². The van der Waals surface area contributed by atoms with Crippen molar-refractivity contribution in [3.8, 4) is 6.01 Å². The molecule has 3 N–H and O–H groups in total. The van der Waals surface area contributed by atoms with Gasteiger partial charge in [0.15, 0.2) is 0 Å². The largest absolute Gasteiger partial charge is 0.463 e. The highest BCUT2D eigenvalue weighted by Crippen LogP contribution is 2.29. The van der Waals surface area contributed by atoms with Crippen molar-refractivity contribution in [2.45, 2.75) is 41.0 Å². The van der Waals surface area contributed by atoms with Crippen LogP contribution in [0.5, 0.6) is 6.01 Å². The van der Waals surface area contributed by atoms with Crippen molar-refractivity contribution in [1.82, 2.24) is 9.97 Å². The van der Waals surface area contributed by atoms with Crippen LogP contribution in [0.4, 0.5) is 22.1 Å². The van der Waals surface area contributed by atoms with E-state index >= 15 is 0 Å². The van der Waals surface area contributed by atoms with Gasteiger partial charge in [-0.1, -0.05) is 33.8 Å². The molecule has 1 rings (SSSR count). The summed E-state index contributed by atoms with van der Waals surface area (Å²) in [7, 11) is 0. The fourth-order valence-corrected chi connectivity index (χ4v) is 1.28. The number of nitrogen functional groups attached to an aromatic ring is 1. The van der Waals surface area contributed by atoms with Crippen LogP contribution in [0.1, 0.15) is 41.0 Å². The van der Waals surface area contributed by atoms with Gasteiger partial charge >= 0.3 is 17.8 Å². The summed E-state index contributed by atoms with van der Waals surface area (Å²) in [5.74, 6) is -0.810. The van der Waals surface area contributed by atoms with Gasteiger partial charge in [0.1, 0.15) is 0 Å². The van der Waals surface area contributed by atoms with Crippen LogP contribution in [0.2, 0.25) is 0 Å². The van der Waals surface area contributed by atoms with E-state index in [-0.39, 0.29) is 25.0 Å². The highest BCUT2D eigenvalue weighted by Gasteiger charge is 2.25. The molecule has 0 atom stereocenters. The smallest absolute Gasteiger partial charge is 0.412 e. The number of carbonyl (C=O) groups excluding carboxylic acids is 1. The average molecular weight is 357 g/mol. The van der Waals surface area contributed by atoms with E-state index in [1.54, 1.807) is 13.0 Å². The number of nitrogens with one attached hydrogen (secondary N) is 1. The molecule has 1 aromatic heterocycles. The van der Waals surface area contributed by atoms with Crippen LogP contribution in [0.15, 0.2) is 12.7 Å². The van der Waals surface area contributed by atoms with E-state index in [1.165, 1.54) is 0 Å². The predicted octanol–water partition coefficient (Wildman–Crippen LogP) is 3.54. The van der Waals surface area contributed by atoms with Crippen LogP contribution in [0, 0.1) is 10.1 Å². The van der Waals surface area contributed by atoms with Gasteiger partial charge in [0.2, 0.25) is 11.6 Å². The first-order chi connectivity index (χ1) is 12.0. The Hall–Kier alpha value is -2.91. The number of anilines is 2. The van der Waals surface area contributed by atoms with Crippen molar-refractivity contribution in [3.05, 3.63) is 22.8 Å². The minimum atomic E-state index is -0.893. The highest BCUT2D eigenvalue weighted by molar-refractivity contribution is 5.88. The first-order valence-corrected chi connectivity index (χ1v) is 7.99. The second kappa shape index (κ2) is 14.7. The lowest BCUT2D eigenvalue weighted by atomic mass is 10.4. The Balaban J connectivity index is 0. The monoisotopic (exact) mass is 357 g/mol. The van der Waals surface area contributed by atoms with Crippen molar-refractivity contribution in [2.75, 3.05) is 24.3 Å². The maximum absolute atomic E-state index is 11.4. The van der Waals surface area contributed by atoms with Crippen LogP contribution in [-0.4, -0.2) is 34.2 Å². The zero-order valence-electron chi connectivity index (χ0n) is 15.4. The number of rotatable bonds is 7. The van der Waals surface area contributed by atoms with Crippen molar-refractivity contribution >= 4 is 23.4 Å². The first kappa shape index (κ1) is 24.3. The highest BCUT2D eigenvalue weighted by atomic mass is 16.6. The lowest BCUT2D eigenvalue weighted by molar-refractivity contribution is -0.383. The number of ether oxygens (including phenoxy) is 2. The van der Waals surface area contributed by atoms with Gasteiger partial charge < -0.3 is 15.2 Å². The summed E-state index contributed by atoms with van der Waals surface area (Å²) in [4.78, 5) is 28.9. The molecule has 0 aliphatic carbocycles. The van der Waals surface area contributed by atoms with Crippen molar-refractivity contribution < 1.29 is 19.2 Å². The molecule has 0 aliphatic heterocycles. The maximum atomic E-state index is 11.4. The SMILES string of the molecule is C=CCCOc1nc(N)c([N+](=O)[O-])c(NC(=O)OCC)n1.CC.CC. The number of hydrogen-bond donors (Lipinski definition) is 2. The summed E-state index contributed by atoms with van der Waals surface area (Å²) in [6.45, 7) is 13.4. The molecule has 0 radical (unpaired) electrons. The Labute approximate surface area is 147 Å². The zero-order valence-corrected chi connectivity index (χ0v) is 15.4. The average Bonchev–Trinajstić information content (AvgIpc) is 2.58. The van der Waals surface area contributed by atoms with E-state index in [0.717, 1.165) is 0 Å². The molecule has 0 saturated heterocycles. The number of carbonyl (C=O) groups is 1. The van der Waals surface area contributed by atoms with Crippen LogP contribution in [0.3, 0.4) is 0 Å². The number of nitrogens with zero attached hydrogens (tertiary/aromatic N) is 3. The third-order valence-electron chi connectivity index (χ3n) is 2.12. The molecule has 0 fully saturated rings. The summed E-state index contributed by atoms with van der Waals surface area (Å²) in [6, 6.07) is -0.188. The summed E-state index contributed by atoms with van der Waals surface area (Å²) in [5, 5.41) is 13.1. The van der Waals surface area contributed by atoms with Crippen LogP contribution >= 0.6 is 0 Å². The topological polar surface area (TPSA) is 142 Å². The minimum Gasteiger partial charge on any atom is -0.463 e. The summed E-state index contributed by atoms with van der Waals surface area (Å²) < 4.78 is 9.79. The van der Waals surface area contributed by atoms with Crippen molar-refractivity contribution in [1.29, 1.82) is 0 Å². The van der Waals surface area contributed by atoms with Gasteiger partial charge in [0.25, 0.3) is 0 Å². The summed E-state index contributed by atoms with van der Waals surface area (Å²) in [5.41, 5.74) is 4.87. The Bertz CT molecular complexity index is 551. The first-order valence-electron chi connectivity index (χ1n) is 7.99. The van der Waals surface area contributed by atoms with Gasteiger partial charge in [-0.3, -0.25) is 15.4 Å². The fourth-order valence-electron chi connectivity index (χ4n) is 1.28. The Morgan fingerprint density at radius 1 is 1.36 bits per heavy atom. The van der Waals surface area contributed by atoms with E-state index in [9.17, 15) is 14.9 Å². The van der Waals surface area contributed by atoms with Gasteiger partial charge in [-0.25, -0.2) is 4.79 Å². The molecular formula is C15H27N5O5. The van der Waals surface area contributed by atoms with E-state index in [4.69, 9.17) is 10.5 Å². The molecule has 0 aliphatic rings. The van der Waals surface area contributed by atoms with Gasteiger partial charge in [-0.2, -0.15) is 9.97 Å². The number of amides is 1. The number of aromatic nitrogens is 2. The Kier molecular flexibility index (Phi) is 14.3. The zero-order chi connectivity index (χ0) is 19.8. The Morgan fingerprint density at radius 2 is 1.96 bits per heavy atom. The van der Waals surface area contributed by atoms with E-state index in [0.29, 0.717) is 6.42 Å². The molecule has 25 heavy (non-hydrogen) atoms. The van der Waals surface area contributed by atoms with E-state index in [2.05, 4.69) is 26.6 Å². The molecule has 0 spiro atoms. The van der Waals surface area contributed by atoms with Gasteiger partial charge in [-0.15, -0.1) is 6.58 Å². The van der Waals surface area contributed by atoms with Crippen LogP contribution in [-0.2, 0) is 4.74 Å². The van der Waals surface area contributed by atoms with Gasteiger partial charge in [0, 0.05) is 0 Å². The summed E-state index contributed by atoms with van der Waals surface area (Å²) in [6.07, 6.45) is 1.25. The lowest BCUT2D eigenvalue weighted by Gasteiger charge is -2.08. The molecule has 10 nitrogen and oxygen atoms in total.